The maximum atomic E-state index is 14.2. The Hall–Kier alpha value is -1.03. The van der Waals surface area contributed by atoms with Crippen LogP contribution in [-0.4, -0.2) is 38.1 Å². The molecule has 0 amide bonds. The van der Waals surface area contributed by atoms with E-state index >= 15 is 0 Å². The molecule has 0 saturated carbocycles. The summed E-state index contributed by atoms with van der Waals surface area (Å²) in [4.78, 5) is 24.3. The van der Waals surface area contributed by atoms with Gasteiger partial charge in [-0.3, -0.25) is 14.3 Å². The predicted octanol–water partition coefficient (Wildman–Crippen LogP) is -0.714. The lowest BCUT2D eigenvalue weighted by Gasteiger charge is -2.22. The maximum absolute atomic E-state index is 14.2. The van der Waals surface area contributed by atoms with E-state index in [0.717, 1.165) is 16.8 Å². The van der Waals surface area contributed by atoms with Crippen molar-refractivity contribution in [2.24, 2.45) is 0 Å². The van der Waals surface area contributed by atoms with Crippen molar-refractivity contribution in [3.63, 3.8) is 0 Å². The highest BCUT2D eigenvalue weighted by Crippen LogP contribution is 2.45. The van der Waals surface area contributed by atoms with Gasteiger partial charge in [-0.25, -0.2) is 14.3 Å². The second kappa shape index (κ2) is 4.57. The summed E-state index contributed by atoms with van der Waals surface area (Å²) in [7, 11) is 0. The van der Waals surface area contributed by atoms with Crippen molar-refractivity contribution >= 4 is 15.9 Å². The largest absolute Gasteiger partial charge is 0.386 e. The molecule has 1 fully saturated rings. The molecule has 1 aromatic rings. The van der Waals surface area contributed by atoms with Gasteiger partial charge in [-0.05, 0) is 15.9 Å². The van der Waals surface area contributed by atoms with Crippen LogP contribution in [0.2, 0.25) is 0 Å². The minimum absolute atomic E-state index is 0.644. The van der Waals surface area contributed by atoms with Gasteiger partial charge in [0.05, 0.1) is 0 Å². The van der Waals surface area contributed by atoms with Crippen molar-refractivity contribution in [1.29, 1.82) is 0 Å². The van der Waals surface area contributed by atoms with Crippen molar-refractivity contribution in [2.45, 2.75) is 23.0 Å². The van der Waals surface area contributed by atoms with Crippen molar-refractivity contribution < 1.29 is 19.3 Å². The molecule has 7 nitrogen and oxygen atoms in total. The van der Waals surface area contributed by atoms with Gasteiger partial charge in [0.25, 0.3) is 5.56 Å². The molecule has 1 aliphatic rings. The molecule has 18 heavy (non-hydrogen) atoms. The fraction of sp³-hybridized carbons (Fsp3) is 0.556. The first kappa shape index (κ1) is 13.4. The average molecular weight is 324 g/mol. The number of aromatic amines is 1. The molecule has 2 N–H and O–H groups in total. The van der Waals surface area contributed by atoms with Gasteiger partial charge < -0.3 is 9.84 Å². The first-order chi connectivity index (χ1) is 8.37. The number of halogens is 2. The Morgan fingerprint density at radius 1 is 1.61 bits per heavy atom. The molecule has 0 aromatic carbocycles. The molecule has 1 aliphatic heterocycles. The van der Waals surface area contributed by atoms with Crippen LogP contribution in [0.25, 0.3) is 0 Å². The van der Waals surface area contributed by atoms with E-state index in [1.807, 2.05) is 4.98 Å². The van der Waals surface area contributed by atoms with Crippen LogP contribution in [0, 0.1) is 0 Å². The van der Waals surface area contributed by atoms with E-state index in [1.54, 1.807) is 0 Å². The molecule has 1 aromatic heterocycles. The van der Waals surface area contributed by atoms with Crippen molar-refractivity contribution in [3.8, 4) is 0 Å². The Balaban J connectivity index is 2.45. The van der Waals surface area contributed by atoms with E-state index in [0.29, 0.717) is 0 Å². The Kier molecular flexibility index (Phi) is 3.41. The lowest BCUT2D eigenvalue weighted by molar-refractivity contribution is -0.0630. The first-order valence-electron chi connectivity index (χ1n) is 4.99. The highest BCUT2D eigenvalue weighted by molar-refractivity contribution is 9.10. The Morgan fingerprint density at radius 2 is 2.28 bits per heavy atom. The van der Waals surface area contributed by atoms with Crippen LogP contribution in [0.5, 0.6) is 0 Å². The number of hydrogen-bond donors (Lipinski definition) is 2. The first-order valence-corrected chi connectivity index (χ1v) is 5.78. The van der Waals surface area contributed by atoms with E-state index < -0.39 is 40.9 Å². The van der Waals surface area contributed by atoms with Gasteiger partial charge in [0.2, 0.25) is 4.58 Å². The molecule has 1 radical (unpaired) electrons. The van der Waals surface area contributed by atoms with Crippen molar-refractivity contribution in [1.82, 2.24) is 9.55 Å². The van der Waals surface area contributed by atoms with Gasteiger partial charge in [-0.1, -0.05) is 0 Å². The molecule has 0 aliphatic carbocycles. The van der Waals surface area contributed by atoms with Crippen LogP contribution >= 0.6 is 15.9 Å². The lowest BCUT2D eigenvalue weighted by Crippen LogP contribution is -2.41. The van der Waals surface area contributed by atoms with E-state index in [9.17, 15) is 24.2 Å². The second-order valence-corrected chi connectivity index (χ2v) is 5.05. The van der Waals surface area contributed by atoms with Gasteiger partial charge in [0, 0.05) is 12.3 Å². The average Bonchev–Trinajstić information content (AvgIpc) is 2.52. The van der Waals surface area contributed by atoms with Crippen LogP contribution in [0.3, 0.4) is 0 Å². The number of aliphatic hydroxyl groups is 1. The molecule has 0 bridgehead atoms. The second-order valence-electron chi connectivity index (χ2n) is 3.83. The smallest absolute Gasteiger partial charge is 0.330 e. The fourth-order valence-electron chi connectivity index (χ4n) is 1.72. The number of ether oxygens (including phenoxy) is 1. The normalized spacial score (nSPS) is 35.9. The van der Waals surface area contributed by atoms with Crippen molar-refractivity contribution in [3.05, 3.63) is 33.1 Å². The van der Waals surface area contributed by atoms with Gasteiger partial charge >= 0.3 is 5.69 Å². The van der Waals surface area contributed by atoms with Crippen LogP contribution in [0.1, 0.15) is 6.23 Å². The highest BCUT2D eigenvalue weighted by Gasteiger charge is 2.57. The zero-order chi connectivity index (χ0) is 13.5. The minimum Gasteiger partial charge on any atom is -0.386 e. The third kappa shape index (κ3) is 2.03. The number of aliphatic hydroxyl groups excluding tert-OH is 1. The number of nitrogens with one attached hydrogen (secondary N) is 1. The monoisotopic (exact) mass is 323 g/mol. The van der Waals surface area contributed by atoms with Crippen LogP contribution < -0.4 is 11.2 Å². The minimum atomic E-state index is -2.48. The number of H-pyrrole nitrogens is 1. The lowest BCUT2D eigenvalue weighted by atomic mass is 10.1. The predicted molar refractivity (Wildman–Crippen MR) is 59.6 cm³/mol. The van der Waals surface area contributed by atoms with Gasteiger partial charge in [0.15, 0.2) is 6.23 Å². The van der Waals surface area contributed by atoms with E-state index in [4.69, 9.17) is 4.74 Å². The summed E-state index contributed by atoms with van der Waals surface area (Å²) in [5, 5.41) is 20.3. The molecule has 99 valence electrons. The summed E-state index contributed by atoms with van der Waals surface area (Å²) in [6.07, 6.45) is -3.49. The Bertz CT molecular complexity index is 556. The Labute approximate surface area is 108 Å². The molecule has 4 atom stereocenters. The van der Waals surface area contributed by atoms with Gasteiger partial charge in [-0.2, -0.15) is 0 Å². The van der Waals surface area contributed by atoms with Crippen LogP contribution in [0.15, 0.2) is 21.9 Å². The standard InChI is InChI=1S/C9H9BrFN2O5/c10-9(11)6(16)4(3-14)18-7(9)13-2-1-5(15)12-8(13)17/h1-2,4,6-7,16H,3H2,(H,12,15,17)/t4-,6-,7-,9-/m1/s1. The third-order valence-electron chi connectivity index (χ3n) is 2.65. The van der Waals surface area contributed by atoms with Crippen LogP contribution in [-0.2, 0) is 9.84 Å². The SMILES string of the molecule is [O]C[C@H]1O[C@@H](n2ccc(=O)[nH]c2=O)[C@@](F)(Br)[C@@H]1O. The summed E-state index contributed by atoms with van der Waals surface area (Å²) >= 11 is 2.61. The molecular weight excluding hydrogens is 315 g/mol. The Morgan fingerprint density at radius 3 is 2.78 bits per heavy atom. The molecule has 2 heterocycles. The summed E-state index contributed by atoms with van der Waals surface area (Å²) in [5.74, 6) is 0. The summed E-state index contributed by atoms with van der Waals surface area (Å²) in [6, 6.07) is 1.00. The quantitative estimate of drug-likeness (QED) is 0.701. The van der Waals surface area contributed by atoms with Crippen molar-refractivity contribution in [2.75, 3.05) is 6.61 Å². The summed E-state index contributed by atoms with van der Waals surface area (Å²) in [6.45, 7) is -0.854. The molecule has 9 heteroatoms. The zero-order valence-corrected chi connectivity index (χ0v) is 10.5. The van der Waals surface area contributed by atoms with Gasteiger partial charge in [-0.15, -0.1) is 0 Å². The number of hydrogen-bond acceptors (Lipinski definition) is 4. The molecule has 0 unspecified atom stereocenters. The highest BCUT2D eigenvalue weighted by atomic mass is 79.9. The number of nitrogens with zero attached hydrogens (tertiary/aromatic N) is 1. The molecule has 1 saturated heterocycles. The van der Waals surface area contributed by atoms with Gasteiger partial charge in [0.1, 0.15) is 18.8 Å². The fourth-order valence-corrected chi connectivity index (χ4v) is 2.34. The van der Waals surface area contributed by atoms with E-state index in [2.05, 4.69) is 15.9 Å². The molecule has 0 spiro atoms. The van der Waals surface area contributed by atoms with Crippen LogP contribution in [0.4, 0.5) is 4.39 Å². The number of alkyl halides is 2. The summed E-state index contributed by atoms with van der Waals surface area (Å²) in [5.41, 5.74) is -1.54. The number of rotatable bonds is 2. The van der Waals surface area contributed by atoms with E-state index in [1.165, 1.54) is 0 Å². The topological polar surface area (TPSA) is 104 Å². The molecular formula is C9H9BrFN2O5. The number of aromatic nitrogens is 2. The molecule has 2 rings (SSSR count). The summed E-state index contributed by atoms with van der Waals surface area (Å²) < 4.78 is 17.5. The zero-order valence-electron chi connectivity index (χ0n) is 8.88. The third-order valence-corrected chi connectivity index (χ3v) is 3.51. The maximum Gasteiger partial charge on any atom is 0.330 e. The van der Waals surface area contributed by atoms with E-state index in [-0.39, 0.29) is 0 Å².